The number of nitrogens with two attached hydrogens (primary N) is 1. The molecule has 0 unspecified atom stereocenters. The maximum absolute atomic E-state index is 8.97. The molecule has 0 aliphatic carbocycles. The van der Waals surface area contributed by atoms with Gasteiger partial charge in [0.25, 0.3) is 0 Å². The molecule has 5 heteroatoms. The first kappa shape index (κ1) is 11.6. The van der Waals surface area contributed by atoms with Gasteiger partial charge in [0, 0.05) is 10.7 Å². The van der Waals surface area contributed by atoms with E-state index in [1.54, 1.807) is 34.9 Å². The zero-order chi connectivity index (χ0) is 13.4. The topological polar surface area (TPSA) is 67.6 Å². The number of hydrogen-bond acceptors (Lipinski definition) is 3. The SMILES string of the molecule is N#Cc1ccc2nc(N)n(-c3ccc(Cl)cc3)c2c1. The minimum absolute atomic E-state index is 0.382. The number of imidazole rings is 1. The molecule has 0 spiro atoms. The van der Waals surface area contributed by atoms with Crippen LogP contribution in [0.1, 0.15) is 5.56 Å². The zero-order valence-corrected chi connectivity index (χ0v) is 10.6. The maximum atomic E-state index is 8.97. The smallest absolute Gasteiger partial charge is 0.205 e. The van der Waals surface area contributed by atoms with Gasteiger partial charge in [0.2, 0.25) is 5.95 Å². The predicted molar refractivity (Wildman–Crippen MR) is 75.2 cm³/mol. The van der Waals surface area contributed by atoms with E-state index < -0.39 is 0 Å². The maximum Gasteiger partial charge on any atom is 0.205 e. The van der Waals surface area contributed by atoms with E-state index in [-0.39, 0.29) is 0 Å². The Balaban J connectivity index is 2.30. The van der Waals surface area contributed by atoms with E-state index in [1.165, 1.54) is 0 Å². The van der Waals surface area contributed by atoms with Gasteiger partial charge >= 0.3 is 0 Å². The number of nitriles is 1. The summed E-state index contributed by atoms with van der Waals surface area (Å²) in [6.45, 7) is 0. The number of aromatic nitrogens is 2. The first-order valence-electron chi connectivity index (χ1n) is 5.63. The summed E-state index contributed by atoms with van der Waals surface area (Å²) < 4.78 is 1.80. The number of nitrogen functional groups attached to an aromatic ring is 1. The minimum Gasteiger partial charge on any atom is -0.369 e. The lowest BCUT2D eigenvalue weighted by Crippen LogP contribution is -2.00. The molecule has 0 saturated heterocycles. The molecule has 1 heterocycles. The van der Waals surface area contributed by atoms with Gasteiger partial charge in [-0.2, -0.15) is 5.26 Å². The molecule has 2 N–H and O–H groups in total. The van der Waals surface area contributed by atoms with Gasteiger partial charge in [0.05, 0.1) is 22.7 Å². The number of hydrogen-bond donors (Lipinski definition) is 1. The Morgan fingerprint density at radius 1 is 1.16 bits per heavy atom. The van der Waals surface area contributed by atoms with E-state index in [1.807, 2.05) is 12.1 Å². The van der Waals surface area contributed by atoms with Gasteiger partial charge in [0.1, 0.15) is 0 Å². The van der Waals surface area contributed by atoms with Crippen LogP contribution in [0.3, 0.4) is 0 Å². The second-order valence-electron chi connectivity index (χ2n) is 4.10. The lowest BCUT2D eigenvalue weighted by Gasteiger charge is -2.06. The number of rotatable bonds is 1. The van der Waals surface area contributed by atoms with Crippen molar-refractivity contribution in [3.05, 3.63) is 53.1 Å². The third-order valence-electron chi connectivity index (χ3n) is 2.89. The Labute approximate surface area is 114 Å². The van der Waals surface area contributed by atoms with Crippen molar-refractivity contribution in [1.29, 1.82) is 5.26 Å². The van der Waals surface area contributed by atoms with E-state index >= 15 is 0 Å². The van der Waals surface area contributed by atoms with Crippen molar-refractivity contribution in [2.45, 2.75) is 0 Å². The average Bonchev–Trinajstić information content (AvgIpc) is 2.75. The molecule has 4 nitrogen and oxygen atoms in total. The van der Waals surface area contributed by atoms with Crippen molar-refractivity contribution in [2.24, 2.45) is 0 Å². The van der Waals surface area contributed by atoms with Crippen LogP contribution in [0.4, 0.5) is 5.95 Å². The Hall–Kier alpha value is -2.51. The zero-order valence-electron chi connectivity index (χ0n) is 9.84. The highest BCUT2D eigenvalue weighted by Gasteiger charge is 2.10. The number of anilines is 1. The highest BCUT2D eigenvalue weighted by Crippen LogP contribution is 2.24. The van der Waals surface area contributed by atoms with Crippen LogP contribution >= 0.6 is 11.6 Å². The van der Waals surface area contributed by atoms with Crippen LogP contribution in [-0.2, 0) is 0 Å². The summed E-state index contributed by atoms with van der Waals surface area (Å²) in [7, 11) is 0. The molecule has 0 amide bonds. The molecule has 92 valence electrons. The Morgan fingerprint density at radius 3 is 2.58 bits per heavy atom. The largest absolute Gasteiger partial charge is 0.369 e. The van der Waals surface area contributed by atoms with Gasteiger partial charge in [-0.05, 0) is 42.5 Å². The number of fused-ring (bicyclic) bond motifs is 1. The van der Waals surface area contributed by atoms with Crippen molar-refractivity contribution < 1.29 is 0 Å². The minimum atomic E-state index is 0.382. The van der Waals surface area contributed by atoms with Gasteiger partial charge in [-0.1, -0.05) is 11.6 Å². The Kier molecular flexibility index (Phi) is 2.62. The molecule has 19 heavy (non-hydrogen) atoms. The molecule has 0 radical (unpaired) electrons. The molecule has 0 atom stereocenters. The molecule has 2 aromatic carbocycles. The van der Waals surface area contributed by atoms with E-state index in [4.69, 9.17) is 22.6 Å². The molecule has 0 aliphatic heterocycles. The van der Waals surface area contributed by atoms with Crippen LogP contribution in [0.25, 0.3) is 16.7 Å². The summed E-state index contributed by atoms with van der Waals surface area (Å²) in [5, 5.41) is 9.63. The van der Waals surface area contributed by atoms with Gasteiger partial charge < -0.3 is 5.73 Å². The normalized spacial score (nSPS) is 10.5. The van der Waals surface area contributed by atoms with E-state index in [0.29, 0.717) is 16.5 Å². The molecule has 1 aromatic heterocycles. The molecule has 3 rings (SSSR count). The fraction of sp³-hybridized carbons (Fsp3) is 0. The first-order chi connectivity index (χ1) is 9.19. The number of halogens is 1. The third-order valence-corrected chi connectivity index (χ3v) is 3.15. The fourth-order valence-corrected chi connectivity index (χ4v) is 2.15. The molecular formula is C14H9ClN4. The van der Waals surface area contributed by atoms with Gasteiger partial charge in [-0.25, -0.2) is 4.98 Å². The van der Waals surface area contributed by atoms with Crippen molar-refractivity contribution in [3.63, 3.8) is 0 Å². The highest BCUT2D eigenvalue weighted by atomic mass is 35.5. The van der Waals surface area contributed by atoms with Gasteiger partial charge in [-0.3, -0.25) is 4.57 Å². The van der Waals surface area contributed by atoms with Gasteiger partial charge in [0.15, 0.2) is 0 Å². The Morgan fingerprint density at radius 2 is 1.89 bits per heavy atom. The summed E-state index contributed by atoms with van der Waals surface area (Å²) in [6, 6.07) is 14.7. The standard InChI is InChI=1S/C14H9ClN4/c15-10-2-4-11(5-3-10)19-13-7-9(8-16)1-6-12(13)18-14(19)17/h1-7H,(H2,17,18). The van der Waals surface area contributed by atoms with Crippen LogP contribution in [0.15, 0.2) is 42.5 Å². The summed E-state index contributed by atoms with van der Waals surface area (Å²) in [5.41, 5.74) is 8.94. The molecular weight excluding hydrogens is 260 g/mol. The lowest BCUT2D eigenvalue weighted by atomic mass is 10.2. The Bertz CT molecular complexity index is 797. The second-order valence-corrected chi connectivity index (χ2v) is 4.53. The molecule has 0 saturated carbocycles. The quantitative estimate of drug-likeness (QED) is 0.737. The highest BCUT2D eigenvalue weighted by molar-refractivity contribution is 6.30. The van der Waals surface area contributed by atoms with Crippen molar-refractivity contribution in [1.82, 2.24) is 9.55 Å². The third kappa shape index (κ3) is 1.90. The predicted octanol–water partition coefficient (Wildman–Crippen LogP) is 3.13. The molecule has 0 fully saturated rings. The van der Waals surface area contributed by atoms with Crippen LogP contribution < -0.4 is 5.73 Å². The molecule has 3 aromatic rings. The van der Waals surface area contributed by atoms with E-state index in [9.17, 15) is 0 Å². The summed E-state index contributed by atoms with van der Waals surface area (Å²) in [4.78, 5) is 4.29. The second kappa shape index (κ2) is 4.30. The van der Waals surface area contributed by atoms with Crippen LogP contribution in [0.5, 0.6) is 0 Å². The van der Waals surface area contributed by atoms with Crippen LogP contribution in [0, 0.1) is 11.3 Å². The van der Waals surface area contributed by atoms with E-state index in [0.717, 1.165) is 16.7 Å². The van der Waals surface area contributed by atoms with Crippen LogP contribution in [-0.4, -0.2) is 9.55 Å². The van der Waals surface area contributed by atoms with Gasteiger partial charge in [-0.15, -0.1) is 0 Å². The van der Waals surface area contributed by atoms with Crippen LogP contribution in [0.2, 0.25) is 5.02 Å². The summed E-state index contributed by atoms with van der Waals surface area (Å²) in [6.07, 6.45) is 0. The summed E-state index contributed by atoms with van der Waals surface area (Å²) >= 11 is 5.88. The van der Waals surface area contributed by atoms with Crippen molar-refractivity contribution >= 4 is 28.6 Å². The van der Waals surface area contributed by atoms with E-state index in [2.05, 4.69) is 11.1 Å². The average molecular weight is 269 g/mol. The van der Waals surface area contributed by atoms with Crippen molar-refractivity contribution in [2.75, 3.05) is 5.73 Å². The number of nitrogens with zero attached hydrogens (tertiary/aromatic N) is 3. The first-order valence-corrected chi connectivity index (χ1v) is 6.01. The lowest BCUT2D eigenvalue weighted by molar-refractivity contribution is 1.11. The summed E-state index contributed by atoms with van der Waals surface area (Å²) in [5.74, 6) is 0.382. The fourth-order valence-electron chi connectivity index (χ4n) is 2.02. The van der Waals surface area contributed by atoms with Crippen molar-refractivity contribution in [3.8, 4) is 11.8 Å². The molecule has 0 bridgehead atoms. The monoisotopic (exact) mass is 268 g/mol. The molecule has 0 aliphatic rings. The number of benzene rings is 2.